The van der Waals surface area contributed by atoms with Crippen LogP contribution in [0, 0.1) is 0 Å². The van der Waals surface area contributed by atoms with Crippen LogP contribution in [0.4, 0.5) is 0 Å². The molecule has 0 spiro atoms. The molecular weight excluding hydrogens is 270 g/mol. The zero-order chi connectivity index (χ0) is 13.8. The van der Waals surface area contributed by atoms with Crippen molar-refractivity contribution in [2.75, 3.05) is 25.4 Å². The molecule has 20 heavy (non-hydrogen) atoms. The van der Waals surface area contributed by atoms with Crippen LogP contribution in [-0.4, -0.2) is 46.4 Å². The summed E-state index contributed by atoms with van der Waals surface area (Å²) in [6.07, 6.45) is 6.54. The van der Waals surface area contributed by atoms with Gasteiger partial charge in [-0.3, -0.25) is 4.79 Å². The first-order chi connectivity index (χ1) is 9.84. The van der Waals surface area contributed by atoms with Gasteiger partial charge in [-0.2, -0.15) is 0 Å². The van der Waals surface area contributed by atoms with Crippen LogP contribution in [0.3, 0.4) is 0 Å². The van der Waals surface area contributed by atoms with Crippen molar-refractivity contribution < 1.29 is 4.79 Å². The van der Waals surface area contributed by atoms with Gasteiger partial charge in [-0.25, -0.2) is 0 Å². The van der Waals surface area contributed by atoms with Crippen molar-refractivity contribution in [3.63, 3.8) is 0 Å². The number of hydrogen-bond acceptors (Lipinski definition) is 3. The number of H-pyrrole nitrogens is 1. The van der Waals surface area contributed by atoms with Crippen molar-refractivity contribution >= 4 is 17.7 Å². The zero-order valence-corrected chi connectivity index (χ0v) is 12.6. The number of rotatable bonds is 4. The number of carbonyl (C=O) groups is 1. The number of hydrogen-bond donors (Lipinski definition) is 2. The summed E-state index contributed by atoms with van der Waals surface area (Å²) >= 11 is 1.85. The molecule has 5 heteroatoms. The predicted octanol–water partition coefficient (Wildman–Crippen LogP) is 2.16. The van der Waals surface area contributed by atoms with E-state index in [9.17, 15) is 4.79 Å². The summed E-state index contributed by atoms with van der Waals surface area (Å²) < 4.78 is 0. The fourth-order valence-electron chi connectivity index (χ4n) is 3.17. The Morgan fingerprint density at radius 3 is 2.95 bits per heavy atom. The van der Waals surface area contributed by atoms with Crippen LogP contribution in [-0.2, 0) is 4.79 Å². The second-order valence-corrected chi connectivity index (χ2v) is 6.92. The van der Waals surface area contributed by atoms with Crippen molar-refractivity contribution in [1.29, 1.82) is 0 Å². The molecule has 1 unspecified atom stereocenters. The third kappa shape index (κ3) is 3.20. The molecule has 1 aromatic heterocycles. The van der Waals surface area contributed by atoms with Crippen molar-refractivity contribution in [2.24, 2.45) is 0 Å². The van der Waals surface area contributed by atoms with Gasteiger partial charge >= 0.3 is 0 Å². The van der Waals surface area contributed by atoms with Crippen LogP contribution in [0.15, 0.2) is 18.3 Å². The van der Waals surface area contributed by atoms with E-state index in [0.717, 1.165) is 32.5 Å². The van der Waals surface area contributed by atoms with Crippen molar-refractivity contribution in [3.05, 3.63) is 24.0 Å². The van der Waals surface area contributed by atoms with Crippen LogP contribution < -0.4 is 5.32 Å². The minimum Gasteiger partial charge on any atom is -0.363 e. The number of nitrogens with one attached hydrogen (secondary N) is 2. The largest absolute Gasteiger partial charge is 0.363 e. The summed E-state index contributed by atoms with van der Waals surface area (Å²) in [6, 6.07) is 4.38. The van der Waals surface area contributed by atoms with Crippen molar-refractivity contribution in [1.82, 2.24) is 15.2 Å². The Morgan fingerprint density at radius 2 is 2.20 bits per heavy atom. The summed E-state index contributed by atoms with van der Waals surface area (Å²) in [4.78, 5) is 17.8. The van der Waals surface area contributed by atoms with E-state index in [1.807, 2.05) is 24.0 Å². The number of nitrogens with zero attached hydrogens (tertiary/aromatic N) is 1. The lowest BCUT2D eigenvalue weighted by atomic mass is 10.1. The Labute approximate surface area is 124 Å². The molecule has 3 rings (SSSR count). The molecule has 0 saturated carbocycles. The van der Waals surface area contributed by atoms with Gasteiger partial charge in [0.15, 0.2) is 0 Å². The van der Waals surface area contributed by atoms with E-state index in [2.05, 4.69) is 21.3 Å². The lowest BCUT2D eigenvalue weighted by Gasteiger charge is -2.26. The van der Waals surface area contributed by atoms with Crippen LogP contribution in [0.2, 0.25) is 0 Å². The average molecular weight is 293 g/mol. The fourth-order valence-corrected chi connectivity index (χ4v) is 4.29. The highest BCUT2D eigenvalue weighted by Crippen LogP contribution is 2.32. The van der Waals surface area contributed by atoms with Gasteiger partial charge in [0, 0.05) is 23.7 Å². The van der Waals surface area contributed by atoms with E-state index in [0.29, 0.717) is 16.9 Å². The van der Waals surface area contributed by atoms with Gasteiger partial charge in [0.05, 0.1) is 11.8 Å². The SMILES string of the molecule is O=C(CSC1CCNCC1)N1CCCC1c1ccc[nH]1. The topological polar surface area (TPSA) is 48.1 Å². The summed E-state index contributed by atoms with van der Waals surface area (Å²) in [5.74, 6) is 0.952. The average Bonchev–Trinajstić information content (AvgIpc) is 3.15. The Hall–Kier alpha value is -0.940. The van der Waals surface area contributed by atoms with E-state index >= 15 is 0 Å². The first-order valence-electron chi connectivity index (χ1n) is 7.59. The molecule has 0 radical (unpaired) electrons. The van der Waals surface area contributed by atoms with Gasteiger partial charge in [0.25, 0.3) is 0 Å². The molecule has 3 heterocycles. The van der Waals surface area contributed by atoms with E-state index in [1.54, 1.807) is 0 Å². The number of aromatic nitrogens is 1. The van der Waals surface area contributed by atoms with Crippen molar-refractivity contribution in [3.8, 4) is 0 Å². The minimum atomic E-state index is 0.270. The molecular formula is C15H23N3OS. The molecule has 1 aromatic rings. The lowest BCUT2D eigenvalue weighted by Crippen LogP contribution is -2.34. The van der Waals surface area contributed by atoms with Crippen LogP contribution >= 0.6 is 11.8 Å². The summed E-state index contributed by atoms with van der Waals surface area (Å²) in [5.41, 5.74) is 1.18. The van der Waals surface area contributed by atoms with E-state index in [1.165, 1.54) is 18.5 Å². The summed E-state index contributed by atoms with van der Waals surface area (Å²) in [7, 11) is 0. The number of carbonyl (C=O) groups excluding carboxylic acids is 1. The molecule has 2 aliphatic heterocycles. The monoisotopic (exact) mass is 293 g/mol. The highest BCUT2D eigenvalue weighted by molar-refractivity contribution is 8.00. The van der Waals surface area contributed by atoms with E-state index < -0.39 is 0 Å². The second kappa shape index (κ2) is 6.68. The standard InChI is InChI=1S/C15H23N3OS/c19-15(11-20-12-5-8-16-9-6-12)18-10-2-4-14(18)13-3-1-7-17-13/h1,3,7,12,14,16-17H,2,4-6,8-11H2. The molecule has 1 atom stereocenters. The Kier molecular flexibility index (Phi) is 4.68. The number of piperidine rings is 1. The van der Waals surface area contributed by atoms with Gasteiger partial charge < -0.3 is 15.2 Å². The fraction of sp³-hybridized carbons (Fsp3) is 0.667. The molecule has 0 aliphatic carbocycles. The number of aromatic amines is 1. The van der Waals surface area contributed by atoms with Crippen LogP contribution in [0.25, 0.3) is 0 Å². The van der Waals surface area contributed by atoms with Gasteiger partial charge in [-0.15, -0.1) is 11.8 Å². The third-order valence-electron chi connectivity index (χ3n) is 4.28. The summed E-state index contributed by atoms with van der Waals surface area (Å²) in [6.45, 7) is 3.11. The molecule has 110 valence electrons. The first kappa shape index (κ1) is 14.0. The lowest BCUT2D eigenvalue weighted by molar-refractivity contribution is -0.129. The Morgan fingerprint density at radius 1 is 1.35 bits per heavy atom. The van der Waals surface area contributed by atoms with Crippen LogP contribution in [0.5, 0.6) is 0 Å². The molecule has 2 fully saturated rings. The number of thioether (sulfide) groups is 1. The maximum absolute atomic E-state index is 12.5. The Bertz CT molecular complexity index is 428. The van der Waals surface area contributed by atoms with Crippen molar-refractivity contribution in [2.45, 2.75) is 37.0 Å². The van der Waals surface area contributed by atoms with Gasteiger partial charge in [-0.05, 0) is 50.9 Å². The first-order valence-corrected chi connectivity index (χ1v) is 8.64. The van der Waals surface area contributed by atoms with E-state index in [-0.39, 0.29) is 6.04 Å². The minimum absolute atomic E-state index is 0.270. The summed E-state index contributed by atoms with van der Waals surface area (Å²) in [5, 5.41) is 4.03. The molecule has 0 aromatic carbocycles. The third-order valence-corrected chi connectivity index (χ3v) is 5.64. The van der Waals surface area contributed by atoms with Gasteiger partial charge in [0.1, 0.15) is 0 Å². The second-order valence-electron chi connectivity index (χ2n) is 5.63. The maximum Gasteiger partial charge on any atom is 0.233 e. The Balaban J connectivity index is 1.53. The zero-order valence-electron chi connectivity index (χ0n) is 11.8. The maximum atomic E-state index is 12.5. The number of likely N-dealkylation sites (tertiary alicyclic amines) is 1. The highest BCUT2D eigenvalue weighted by atomic mass is 32.2. The molecule has 0 bridgehead atoms. The van der Waals surface area contributed by atoms with E-state index in [4.69, 9.17) is 0 Å². The predicted molar refractivity (Wildman–Crippen MR) is 82.8 cm³/mol. The molecule has 2 saturated heterocycles. The van der Waals surface area contributed by atoms with Crippen LogP contribution in [0.1, 0.15) is 37.4 Å². The molecule has 4 nitrogen and oxygen atoms in total. The molecule has 1 amide bonds. The number of amides is 1. The molecule has 2 N–H and O–H groups in total. The molecule has 2 aliphatic rings. The van der Waals surface area contributed by atoms with Gasteiger partial charge in [0.2, 0.25) is 5.91 Å². The highest BCUT2D eigenvalue weighted by Gasteiger charge is 2.30. The smallest absolute Gasteiger partial charge is 0.233 e. The van der Waals surface area contributed by atoms with Gasteiger partial charge in [-0.1, -0.05) is 0 Å². The quantitative estimate of drug-likeness (QED) is 0.894. The normalized spacial score (nSPS) is 24.2.